The molecule has 0 atom stereocenters. The number of hydrogen-bond donors (Lipinski definition) is 0. The largest absolute Gasteiger partial charge is 0.741 e. The third kappa shape index (κ3) is 5.41. The fourth-order valence-corrected chi connectivity index (χ4v) is 2.66. The van der Waals surface area contributed by atoms with Gasteiger partial charge in [-0.15, -0.1) is 0 Å². The molecular formula is C6H10F3NO3S3. The molecule has 0 unspecified atom stereocenters. The van der Waals surface area contributed by atoms with E-state index >= 15 is 0 Å². The minimum atomic E-state index is -6.09. The smallest absolute Gasteiger partial charge is 0.485 e. The predicted molar refractivity (Wildman–Crippen MR) is 57.8 cm³/mol. The van der Waals surface area contributed by atoms with Crippen molar-refractivity contribution in [2.24, 2.45) is 0 Å². The first kappa shape index (κ1) is 16.1. The molecule has 0 aliphatic carbocycles. The van der Waals surface area contributed by atoms with Crippen LogP contribution in [0.25, 0.3) is 0 Å². The second-order valence-corrected chi connectivity index (χ2v) is 6.15. The van der Waals surface area contributed by atoms with Gasteiger partial charge in [0.1, 0.15) is 7.05 Å². The SMILES string of the molecule is CSC1=[N+](C)CCS1.O=S(=O)([O-])C(F)(F)F. The molecule has 1 aliphatic rings. The Morgan fingerprint density at radius 2 is 1.94 bits per heavy atom. The summed E-state index contributed by atoms with van der Waals surface area (Å²) >= 11 is 3.80. The summed E-state index contributed by atoms with van der Waals surface area (Å²) in [6.07, 6.45) is 2.13. The number of alkyl halides is 3. The summed E-state index contributed by atoms with van der Waals surface area (Å²) in [7, 11) is -3.95. The Labute approximate surface area is 100 Å². The van der Waals surface area contributed by atoms with Gasteiger partial charge in [-0.3, -0.25) is 0 Å². The van der Waals surface area contributed by atoms with Crippen LogP contribution in [0.15, 0.2) is 0 Å². The Bertz CT molecular complexity index is 363. The van der Waals surface area contributed by atoms with Gasteiger partial charge in [-0.1, -0.05) is 11.8 Å². The van der Waals surface area contributed by atoms with Crippen molar-refractivity contribution in [3.05, 3.63) is 0 Å². The van der Waals surface area contributed by atoms with E-state index in [2.05, 4.69) is 17.9 Å². The Hall–Kier alpha value is 0.0700. The lowest BCUT2D eigenvalue weighted by molar-refractivity contribution is -0.483. The molecule has 0 N–H and O–H groups in total. The first-order valence-electron chi connectivity index (χ1n) is 3.86. The number of hydrogen-bond acceptors (Lipinski definition) is 5. The molecule has 0 fully saturated rings. The topological polar surface area (TPSA) is 60.2 Å². The van der Waals surface area contributed by atoms with Gasteiger partial charge >= 0.3 is 5.51 Å². The van der Waals surface area contributed by atoms with Crippen molar-refractivity contribution in [2.75, 3.05) is 25.6 Å². The van der Waals surface area contributed by atoms with Crippen molar-refractivity contribution in [3.8, 4) is 0 Å². The molecule has 0 saturated carbocycles. The average molecular weight is 297 g/mol. The van der Waals surface area contributed by atoms with Crippen LogP contribution >= 0.6 is 23.5 Å². The van der Waals surface area contributed by atoms with Crippen LogP contribution in [0.1, 0.15) is 0 Å². The molecule has 0 aromatic carbocycles. The molecule has 10 heteroatoms. The maximum atomic E-state index is 10.7. The zero-order chi connectivity index (χ0) is 13.0. The van der Waals surface area contributed by atoms with E-state index < -0.39 is 15.6 Å². The highest BCUT2D eigenvalue weighted by molar-refractivity contribution is 8.38. The van der Waals surface area contributed by atoms with E-state index in [4.69, 9.17) is 13.0 Å². The van der Waals surface area contributed by atoms with E-state index in [-0.39, 0.29) is 0 Å². The number of rotatable bonds is 0. The lowest BCUT2D eigenvalue weighted by Crippen LogP contribution is -2.21. The minimum absolute atomic E-state index is 1.22. The van der Waals surface area contributed by atoms with E-state index in [1.165, 1.54) is 16.7 Å². The standard InChI is InChI=1S/C5H10NS2.CHF3O3S/c1-6-3-4-8-5(6)7-2;2-1(3,4)8(5,6)7/h3-4H2,1-2H3;(H,5,6,7)/q+1;/p-1. The fourth-order valence-electron chi connectivity index (χ4n) is 0.686. The summed E-state index contributed by atoms with van der Waals surface area (Å²) in [6.45, 7) is 1.22. The Morgan fingerprint density at radius 3 is 2.06 bits per heavy atom. The van der Waals surface area contributed by atoms with Crippen LogP contribution in [0, 0.1) is 0 Å². The third-order valence-electron chi connectivity index (χ3n) is 1.42. The monoisotopic (exact) mass is 297 g/mol. The van der Waals surface area contributed by atoms with E-state index in [0.29, 0.717) is 0 Å². The predicted octanol–water partition coefficient (Wildman–Crippen LogP) is 1.15. The molecule has 4 nitrogen and oxygen atoms in total. The highest BCUT2D eigenvalue weighted by Gasteiger charge is 2.36. The Kier molecular flexibility index (Phi) is 6.15. The van der Waals surface area contributed by atoms with Gasteiger partial charge in [0.05, 0.1) is 5.75 Å². The van der Waals surface area contributed by atoms with Gasteiger partial charge in [-0.05, 0) is 18.0 Å². The zero-order valence-electron chi connectivity index (χ0n) is 8.44. The first-order chi connectivity index (χ1) is 7.09. The maximum absolute atomic E-state index is 10.7. The second-order valence-electron chi connectivity index (χ2n) is 2.64. The van der Waals surface area contributed by atoms with Crippen molar-refractivity contribution in [1.82, 2.24) is 0 Å². The quantitative estimate of drug-likeness (QED) is 0.381. The molecule has 1 rings (SSSR count). The molecule has 1 aliphatic heterocycles. The van der Waals surface area contributed by atoms with Crippen molar-refractivity contribution >= 4 is 38.0 Å². The lowest BCUT2D eigenvalue weighted by Gasteiger charge is -2.08. The number of halogens is 3. The van der Waals surface area contributed by atoms with Gasteiger partial charge in [0.25, 0.3) is 4.38 Å². The normalized spacial score (nSPS) is 17.1. The van der Waals surface area contributed by atoms with E-state index in [1.54, 1.807) is 0 Å². The Morgan fingerprint density at radius 1 is 1.50 bits per heavy atom. The molecule has 0 spiro atoms. The molecule has 96 valence electrons. The van der Waals surface area contributed by atoms with Crippen molar-refractivity contribution in [3.63, 3.8) is 0 Å². The van der Waals surface area contributed by atoms with Crippen LogP contribution in [0.4, 0.5) is 13.2 Å². The third-order valence-corrected chi connectivity index (χ3v) is 4.45. The van der Waals surface area contributed by atoms with Crippen LogP contribution in [-0.2, 0) is 10.1 Å². The first-order valence-corrected chi connectivity index (χ1v) is 7.48. The van der Waals surface area contributed by atoms with Gasteiger partial charge < -0.3 is 4.55 Å². The van der Waals surface area contributed by atoms with Crippen LogP contribution in [0.2, 0.25) is 0 Å². The zero-order valence-corrected chi connectivity index (χ0v) is 10.9. The highest BCUT2D eigenvalue weighted by atomic mass is 32.2. The fraction of sp³-hybridized carbons (Fsp3) is 0.833. The molecule has 0 saturated heterocycles. The van der Waals surface area contributed by atoms with Crippen LogP contribution in [0.5, 0.6) is 0 Å². The molecule has 0 amide bonds. The average Bonchev–Trinajstić information content (AvgIpc) is 2.48. The van der Waals surface area contributed by atoms with E-state index in [0.717, 1.165) is 0 Å². The summed E-state index contributed by atoms with van der Waals surface area (Å²) in [5, 5.41) is 0. The van der Waals surface area contributed by atoms with Gasteiger partial charge in [-0.25, -0.2) is 13.0 Å². The highest BCUT2D eigenvalue weighted by Crippen LogP contribution is 2.20. The van der Waals surface area contributed by atoms with Gasteiger partial charge in [0, 0.05) is 0 Å². The van der Waals surface area contributed by atoms with Gasteiger partial charge in [0.15, 0.2) is 16.7 Å². The number of thioether (sulfide) groups is 2. The summed E-state index contributed by atoms with van der Waals surface area (Å²) < 4.78 is 62.7. The van der Waals surface area contributed by atoms with Crippen molar-refractivity contribution < 1.29 is 30.7 Å². The van der Waals surface area contributed by atoms with E-state index in [9.17, 15) is 13.2 Å². The Balaban J connectivity index is 0.000000281. The molecule has 0 radical (unpaired) electrons. The summed E-state index contributed by atoms with van der Waals surface area (Å²) in [4.78, 5) is 0. The molecule has 0 aromatic rings. The molecule has 1 heterocycles. The van der Waals surface area contributed by atoms with Crippen molar-refractivity contribution in [2.45, 2.75) is 5.51 Å². The summed E-state index contributed by atoms with van der Waals surface area (Å²) in [6, 6.07) is 0. The van der Waals surface area contributed by atoms with Crippen LogP contribution in [-0.4, -0.2) is 53.0 Å². The van der Waals surface area contributed by atoms with Gasteiger partial charge in [-0.2, -0.15) is 13.2 Å². The maximum Gasteiger partial charge on any atom is 0.485 e. The van der Waals surface area contributed by atoms with Gasteiger partial charge in [0.2, 0.25) is 0 Å². The molecule has 0 aromatic heterocycles. The second kappa shape index (κ2) is 6.12. The van der Waals surface area contributed by atoms with E-state index in [1.807, 2.05) is 23.5 Å². The summed E-state index contributed by atoms with van der Waals surface area (Å²) in [5.41, 5.74) is -5.65. The molecule has 16 heavy (non-hydrogen) atoms. The minimum Gasteiger partial charge on any atom is -0.741 e. The molecule has 0 bridgehead atoms. The molecular weight excluding hydrogens is 287 g/mol. The van der Waals surface area contributed by atoms with Crippen molar-refractivity contribution in [1.29, 1.82) is 0 Å². The lowest BCUT2D eigenvalue weighted by atomic mass is 10.7. The van der Waals surface area contributed by atoms with Crippen LogP contribution in [0.3, 0.4) is 0 Å². The summed E-state index contributed by atoms with van der Waals surface area (Å²) in [5.74, 6) is 1.27. The van der Waals surface area contributed by atoms with Crippen LogP contribution < -0.4 is 0 Å². The number of nitrogens with zero attached hydrogens (tertiary/aromatic N) is 1.